The van der Waals surface area contributed by atoms with Crippen molar-refractivity contribution in [1.29, 1.82) is 0 Å². The van der Waals surface area contributed by atoms with Crippen molar-refractivity contribution in [2.45, 2.75) is 0 Å². The van der Waals surface area contributed by atoms with Gasteiger partial charge in [0.1, 0.15) is 0 Å². The van der Waals surface area contributed by atoms with Crippen LogP contribution in [0.5, 0.6) is 0 Å². The van der Waals surface area contributed by atoms with Crippen LogP contribution < -0.4 is 0 Å². The molecule has 0 bridgehead atoms. The third kappa shape index (κ3) is 1.94. The van der Waals surface area contributed by atoms with Crippen LogP contribution in [0, 0.1) is 0 Å². The van der Waals surface area contributed by atoms with E-state index < -0.39 is 30.2 Å². The number of fused-ring (bicyclic) bond motifs is 1. The maximum Gasteiger partial charge on any atom is 0.197 e. The van der Waals surface area contributed by atoms with Crippen LogP contribution in [0.3, 0.4) is 0 Å². The van der Waals surface area contributed by atoms with E-state index in [-0.39, 0.29) is 38.8 Å². The van der Waals surface area contributed by atoms with Crippen LogP contribution in [-0.2, 0) is 0 Å². The summed E-state index contributed by atoms with van der Waals surface area (Å²) in [6.45, 7) is 0. The van der Waals surface area contributed by atoms with E-state index in [1.165, 1.54) is 12.3 Å². The van der Waals surface area contributed by atoms with Gasteiger partial charge in [-0.3, -0.25) is 0 Å². The Morgan fingerprint density at radius 2 is 1.88 bits per heavy atom. The molecule has 0 radical (unpaired) electrons. The van der Waals surface area contributed by atoms with Gasteiger partial charge < -0.3 is 0 Å². The number of benzene rings is 2. The number of nitrogens with zero attached hydrogens (tertiary/aromatic N) is 2. The van der Waals surface area contributed by atoms with Crippen molar-refractivity contribution in [2.24, 2.45) is 0 Å². The number of halogens is 1. The molecule has 0 aliphatic rings. The van der Waals surface area contributed by atoms with E-state index in [2.05, 4.69) is 25.9 Å². The molecule has 1 aromatic heterocycles. The average molecular weight is 292 g/mol. The number of rotatable bonds is 1. The molecule has 0 saturated heterocycles. The zero-order chi connectivity index (χ0) is 17.8. The molecule has 3 aromatic rings. The molecule has 0 saturated carbocycles. The summed E-state index contributed by atoms with van der Waals surface area (Å²) >= 11 is 3.12. The molecule has 82 valence electrons. The van der Waals surface area contributed by atoms with Crippen molar-refractivity contribution in [3.63, 3.8) is 0 Å². The minimum absolute atomic E-state index is 0.0117. The second kappa shape index (κ2) is 4.26. The Labute approximate surface area is 117 Å². The normalized spacial score (nSPS) is 16.4. The summed E-state index contributed by atoms with van der Waals surface area (Å²) in [4.78, 5) is 8.03. The fraction of sp³-hybridized carbons (Fsp3) is 0. The van der Waals surface area contributed by atoms with Gasteiger partial charge in [0.05, 0.1) is 15.3 Å². The van der Waals surface area contributed by atoms with Crippen molar-refractivity contribution < 1.29 is 9.60 Å². The quantitative estimate of drug-likeness (QED) is 0.632. The highest BCUT2D eigenvalue weighted by Gasteiger charge is 2.04. The van der Waals surface area contributed by atoms with Crippen LogP contribution in [0.15, 0.2) is 59.3 Å². The summed E-state index contributed by atoms with van der Waals surface area (Å²) in [5.41, 5.74) is 0.325. The largest absolute Gasteiger partial charge is 0.231 e. The molecule has 0 N–H and O–H groups in total. The summed E-state index contributed by atoms with van der Waals surface area (Å²) < 4.78 is 56.3. The predicted molar refractivity (Wildman–Crippen MR) is 72.7 cm³/mol. The highest BCUT2D eigenvalue weighted by Crippen LogP contribution is 2.27. The first-order valence-corrected chi connectivity index (χ1v) is 5.53. The third-order valence-corrected chi connectivity index (χ3v) is 2.58. The van der Waals surface area contributed by atoms with Crippen molar-refractivity contribution in [2.75, 3.05) is 0 Å². The molecule has 0 fully saturated rings. The minimum atomic E-state index is -0.479. The van der Waals surface area contributed by atoms with E-state index in [1.807, 2.05) is 0 Å². The average Bonchev–Trinajstić information content (AvgIpc) is 2.55. The lowest BCUT2D eigenvalue weighted by Gasteiger charge is -2.05. The lowest BCUT2D eigenvalue weighted by atomic mass is 10.0. The van der Waals surface area contributed by atoms with Crippen molar-refractivity contribution in [1.82, 2.24) is 9.97 Å². The summed E-state index contributed by atoms with van der Waals surface area (Å²) in [6.07, 6.45) is 1.43. The molecule has 0 amide bonds. The molecule has 0 unspecified atom stereocenters. The lowest BCUT2D eigenvalue weighted by molar-refractivity contribution is 1.12. The molecule has 2 nitrogen and oxygen atoms in total. The molecule has 0 aliphatic heterocycles. The van der Waals surface area contributed by atoms with Gasteiger partial charge in [0.15, 0.2) is 4.73 Å². The van der Waals surface area contributed by atoms with Crippen LogP contribution in [0.2, 0.25) is 0 Å². The highest BCUT2D eigenvalue weighted by molar-refractivity contribution is 9.10. The van der Waals surface area contributed by atoms with Gasteiger partial charge in [-0.15, -0.1) is 0 Å². The first-order chi connectivity index (χ1) is 11.3. The molecule has 3 heteroatoms. The van der Waals surface area contributed by atoms with Crippen molar-refractivity contribution >= 4 is 26.7 Å². The van der Waals surface area contributed by atoms with Gasteiger partial charge in [-0.05, 0) is 32.8 Å². The summed E-state index contributed by atoms with van der Waals surface area (Å²) in [6, 6.07) is -1.36. The Balaban J connectivity index is 2.64. The Bertz CT molecular complexity index is 999. The SMILES string of the molecule is [2H]c1c([2H])c([2H])c2c(-c3ccnc(Br)n3)c([2H])c([2H])c([2H])c2c1[2H]. The van der Waals surface area contributed by atoms with Crippen LogP contribution in [0.25, 0.3) is 22.0 Å². The summed E-state index contributed by atoms with van der Waals surface area (Å²) in [5.74, 6) is 0. The fourth-order valence-corrected chi connectivity index (χ4v) is 1.79. The van der Waals surface area contributed by atoms with Crippen LogP contribution in [0.4, 0.5) is 0 Å². The standard InChI is InChI=1S/C14H9BrN2/c15-14-16-9-8-13(17-14)12-7-3-5-10-4-1-2-6-11(10)12/h1-9H/i1D,2D,3D,4D,5D,6D,7D. The molecule has 0 spiro atoms. The van der Waals surface area contributed by atoms with E-state index >= 15 is 0 Å². The molecular weight excluding hydrogens is 276 g/mol. The second-order valence-corrected chi connectivity index (χ2v) is 3.92. The van der Waals surface area contributed by atoms with Crippen LogP contribution in [-0.4, -0.2) is 9.97 Å². The fourth-order valence-electron chi connectivity index (χ4n) is 1.48. The van der Waals surface area contributed by atoms with Crippen LogP contribution >= 0.6 is 15.9 Å². The van der Waals surface area contributed by atoms with Crippen molar-refractivity contribution in [3.8, 4) is 11.3 Å². The topological polar surface area (TPSA) is 25.8 Å². The maximum atomic E-state index is 8.18. The second-order valence-electron chi connectivity index (χ2n) is 3.21. The van der Waals surface area contributed by atoms with Gasteiger partial charge in [0.25, 0.3) is 0 Å². The maximum absolute atomic E-state index is 8.18. The smallest absolute Gasteiger partial charge is 0.197 e. The Hall–Kier alpha value is -1.74. The van der Waals surface area contributed by atoms with Crippen molar-refractivity contribution in [3.05, 3.63) is 59.3 Å². The van der Waals surface area contributed by atoms with Gasteiger partial charge in [-0.1, -0.05) is 42.3 Å². The lowest BCUT2D eigenvalue weighted by Crippen LogP contribution is -1.87. The van der Waals surface area contributed by atoms with Gasteiger partial charge >= 0.3 is 0 Å². The van der Waals surface area contributed by atoms with Gasteiger partial charge in [-0.25, -0.2) is 9.97 Å². The molecule has 3 rings (SSSR count). The molecule has 17 heavy (non-hydrogen) atoms. The Morgan fingerprint density at radius 1 is 1.06 bits per heavy atom. The third-order valence-electron chi connectivity index (χ3n) is 2.19. The zero-order valence-corrected chi connectivity index (χ0v) is 10.0. The molecular formula is C14H9BrN2. The van der Waals surface area contributed by atoms with Crippen LogP contribution in [0.1, 0.15) is 9.60 Å². The highest BCUT2D eigenvalue weighted by atomic mass is 79.9. The molecule has 1 heterocycles. The Kier molecular flexibility index (Phi) is 1.32. The van der Waals surface area contributed by atoms with Gasteiger partial charge in [-0.2, -0.15) is 0 Å². The molecule has 2 aromatic carbocycles. The first kappa shape index (κ1) is 5.27. The first-order valence-electron chi connectivity index (χ1n) is 8.24. The molecule has 0 atom stereocenters. The molecule has 0 aliphatic carbocycles. The van der Waals surface area contributed by atoms with E-state index in [1.54, 1.807) is 0 Å². The van der Waals surface area contributed by atoms with E-state index in [0.717, 1.165) is 0 Å². The Morgan fingerprint density at radius 3 is 2.76 bits per heavy atom. The number of hydrogen-bond acceptors (Lipinski definition) is 2. The van der Waals surface area contributed by atoms with E-state index in [0.29, 0.717) is 0 Å². The van der Waals surface area contributed by atoms with Gasteiger partial charge in [0.2, 0.25) is 0 Å². The minimum Gasteiger partial charge on any atom is -0.231 e. The zero-order valence-electron chi connectivity index (χ0n) is 15.4. The van der Waals surface area contributed by atoms with E-state index in [4.69, 9.17) is 9.60 Å². The predicted octanol–water partition coefficient (Wildman–Crippen LogP) is 4.06. The summed E-state index contributed by atoms with van der Waals surface area (Å²) in [7, 11) is 0. The van der Waals surface area contributed by atoms with Gasteiger partial charge in [0, 0.05) is 11.8 Å². The monoisotopic (exact) mass is 291 g/mol. The number of aromatic nitrogens is 2. The number of hydrogen-bond donors (Lipinski definition) is 0. The summed E-state index contributed by atoms with van der Waals surface area (Å²) in [5, 5.41) is -0.0793. The van der Waals surface area contributed by atoms with E-state index in [9.17, 15) is 0 Å².